The number of nitrogens with one attached hydrogen (secondary N) is 2. The fourth-order valence-corrected chi connectivity index (χ4v) is 2.02. The van der Waals surface area contributed by atoms with Crippen molar-refractivity contribution in [3.8, 4) is 0 Å². The Bertz CT molecular complexity index is 526. The average Bonchev–Trinajstić information content (AvgIpc) is 2.26. The summed E-state index contributed by atoms with van der Waals surface area (Å²) in [4.78, 5) is 23.9. The van der Waals surface area contributed by atoms with Gasteiger partial charge in [0.05, 0.1) is 5.56 Å². The fourth-order valence-electron chi connectivity index (χ4n) is 1.49. The van der Waals surface area contributed by atoms with Crippen LogP contribution in [0.2, 0.25) is 0 Å². The minimum Gasteiger partial charge on any atom is -0.350 e. The van der Waals surface area contributed by atoms with E-state index in [9.17, 15) is 14.0 Å². The number of hydrogen-bond acceptors (Lipinski definition) is 2. The van der Waals surface area contributed by atoms with Crippen LogP contribution >= 0.6 is 15.9 Å². The van der Waals surface area contributed by atoms with E-state index in [2.05, 4.69) is 26.6 Å². The van der Waals surface area contributed by atoms with Gasteiger partial charge in [-0.15, -0.1) is 0 Å². The third kappa shape index (κ3) is 4.92. The largest absolute Gasteiger partial charge is 0.350 e. The predicted octanol–water partition coefficient (Wildman–Crippen LogP) is 2.62. The molecule has 1 rings (SSSR count). The molecule has 0 bridgehead atoms. The Hall–Kier alpha value is -1.43. The molecule has 110 valence electrons. The first-order valence-corrected chi connectivity index (χ1v) is 6.97. The second-order valence-electron chi connectivity index (χ2n) is 5.56. The lowest BCUT2D eigenvalue weighted by Crippen LogP contribution is -2.50. The van der Waals surface area contributed by atoms with Crippen LogP contribution in [0.4, 0.5) is 4.39 Å². The molecule has 0 fully saturated rings. The summed E-state index contributed by atoms with van der Waals surface area (Å²) >= 11 is 3.12. The molecule has 4 nitrogen and oxygen atoms in total. The summed E-state index contributed by atoms with van der Waals surface area (Å²) in [7, 11) is 0. The summed E-state index contributed by atoms with van der Waals surface area (Å²) in [6.07, 6.45) is 0. The highest BCUT2D eigenvalue weighted by Gasteiger charge is 2.21. The lowest BCUT2D eigenvalue weighted by atomic mass is 10.1. The maximum absolute atomic E-state index is 13.0. The van der Waals surface area contributed by atoms with Gasteiger partial charge in [0.2, 0.25) is 5.91 Å². The van der Waals surface area contributed by atoms with Crippen LogP contribution < -0.4 is 10.6 Å². The predicted molar refractivity (Wildman–Crippen MR) is 78.9 cm³/mol. The van der Waals surface area contributed by atoms with Crippen molar-refractivity contribution in [2.75, 3.05) is 0 Å². The molecule has 2 N–H and O–H groups in total. The lowest BCUT2D eigenvalue weighted by molar-refractivity contribution is -0.124. The summed E-state index contributed by atoms with van der Waals surface area (Å²) in [5, 5.41) is 5.35. The lowest BCUT2D eigenvalue weighted by Gasteiger charge is -2.23. The Kier molecular flexibility index (Phi) is 5.28. The monoisotopic (exact) mass is 344 g/mol. The molecule has 0 spiro atoms. The molecule has 1 aromatic rings. The quantitative estimate of drug-likeness (QED) is 0.885. The highest BCUT2D eigenvalue weighted by molar-refractivity contribution is 9.10. The zero-order valence-corrected chi connectivity index (χ0v) is 13.5. The van der Waals surface area contributed by atoms with Crippen molar-refractivity contribution in [1.29, 1.82) is 0 Å². The topological polar surface area (TPSA) is 58.2 Å². The molecular formula is C14H18BrFN2O2. The van der Waals surface area contributed by atoms with Gasteiger partial charge < -0.3 is 10.6 Å². The first-order chi connectivity index (χ1) is 9.10. The van der Waals surface area contributed by atoms with Gasteiger partial charge in [-0.2, -0.15) is 0 Å². The zero-order chi connectivity index (χ0) is 15.5. The summed E-state index contributed by atoms with van der Waals surface area (Å²) < 4.78 is 13.3. The van der Waals surface area contributed by atoms with Crippen LogP contribution in [-0.2, 0) is 4.79 Å². The molecule has 2 amide bonds. The maximum atomic E-state index is 13.0. The maximum Gasteiger partial charge on any atom is 0.253 e. The van der Waals surface area contributed by atoms with E-state index in [1.165, 1.54) is 18.2 Å². The van der Waals surface area contributed by atoms with E-state index >= 15 is 0 Å². The molecule has 0 radical (unpaired) electrons. The van der Waals surface area contributed by atoms with Gasteiger partial charge in [-0.25, -0.2) is 4.39 Å². The van der Waals surface area contributed by atoms with Crippen LogP contribution in [0.1, 0.15) is 38.1 Å². The van der Waals surface area contributed by atoms with Gasteiger partial charge in [0.25, 0.3) is 5.91 Å². The summed E-state index contributed by atoms with van der Waals surface area (Å²) in [6.45, 7) is 7.17. The fraction of sp³-hybridized carbons (Fsp3) is 0.429. The van der Waals surface area contributed by atoms with Gasteiger partial charge in [-0.05, 0) is 61.8 Å². The Labute approximate surface area is 126 Å². The van der Waals surface area contributed by atoms with Crippen LogP contribution in [0.3, 0.4) is 0 Å². The molecular weight excluding hydrogens is 327 g/mol. The molecule has 0 aromatic heterocycles. The Balaban J connectivity index is 2.73. The summed E-state index contributed by atoms with van der Waals surface area (Å²) in [5.74, 6) is -1.15. The highest BCUT2D eigenvalue weighted by atomic mass is 79.9. The normalized spacial score (nSPS) is 12.7. The minimum atomic E-state index is -0.682. The van der Waals surface area contributed by atoms with Gasteiger partial charge in [0, 0.05) is 10.0 Å². The number of hydrogen-bond donors (Lipinski definition) is 2. The molecule has 0 aliphatic heterocycles. The third-order valence-electron chi connectivity index (χ3n) is 2.41. The van der Waals surface area contributed by atoms with Crippen LogP contribution in [-0.4, -0.2) is 23.4 Å². The second kappa shape index (κ2) is 6.35. The number of halogens is 2. The number of carbonyl (C=O) groups is 2. The van der Waals surface area contributed by atoms with E-state index in [-0.39, 0.29) is 17.0 Å². The average molecular weight is 345 g/mol. The van der Waals surface area contributed by atoms with Crippen molar-refractivity contribution in [3.05, 3.63) is 34.1 Å². The van der Waals surface area contributed by atoms with E-state index in [4.69, 9.17) is 0 Å². The third-order valence-corrected chi connectivity index (χ3v) is 3.07. The Morgan fingerprint density at radius 2 is 1.90 bits per heavy atom. The molecule has 0 aliphatic carbocycles. The number of carbonyl (C=O) groups excluding carboxylic acids is 2. The molecule has 1 aromatic carbocycles. The van der Waals surface area contributed by atoms with Crippen LogP contribution in [0.15, 0.2) is 22.7 Å². The minimum absolute atomic E-state index is 0.274. The molecule has 6 heteroatoms. The van der Waals surface area contributed by atoms with E-state index in [0.29, 0.717) is 4.47 Å². The van der Waals surface area contributed by atoms with E-state index in [1.807, 2.05) is 20.8 Å². The first kappa shape index (κ1) is 16.6. The van der Waals surface area contributed by atoms with Crippen molar-refractivity contribution in [2.45, 2.75) is 39.3 Å². The van der Waals surface area contributed by atoms with E-state index < -0.39 is 17.8 Å². The van der Waals surface area contributed by atoms with Crippen molar-refractivity contribution in [1.82, 2.24) is 10.6 Å². The number of amides is 2. The molecule has 0 aliphatic rings. The number of benzene rings is 1. The van der Waals surface area contributed by atoms with Crippen molar-refractivity contribution < 1.29 is 14.0 Å². The molecule has 0 saturated heterocycles. The van der Waals surface area contributed by atoms with Crippen LogP contribution in [0.5, 0.6) is 0 Å². The van der Waals surface area contributed by atoms with Crippen molar-refractivity contribution in [2.24, 2.45) is 0 Å². The molecule has 1 atom stereocenters. The summed E-state index contributed by atoms with van der Waals surface area (Å²) in [6, 6.07) is 3.08. The molecule has 0 heterocycles. The number of rotatable bonds is 3. The molecule has 20 heavy (non-hydrogen) atoms. The zero-order valence-electron chi connectivity index (χ0n) is 11.9. The standard InChI is InChI=1S/C14H18BrFN2O2/c1-8(12(19)18-14(2,3)4)17-13(20)10-6-5-9(16)7-11(10)15/h5-8H,1-4H3,(H,17,20)(H,18,19). The van der Waals surface area contributed by atoms with E-state index in [1.54, 1.807) is 6.92 Å². The first-order valence-electron chi connectivity index (χ1n) is 6.18. The van der Waals surface area contributed by atoms with Crippen molar-refractivity contribution in [3.63, 3.8) is 0 Å². The summed E-state index contributed by atoms with van der Waals surface area (Å²) in [5.41, 5.74) is -0.0891. The van der Waals surface area contributed by atoms with Gasteiger partial charge in [-0.3, -0.25) is 9.59 Å². The van der Waals surface area contributed by atoms with Crippen LogP contribution in [0, 0.1) is 5.82 Å². The van der Waals surface area contributed by atoms with E-state index in [0.717, 1.165) is 0 Å². The van der Waals surface area contributed by atoms with Gasteiger partial charge in [0.15, 0.2) is 0 Å². The smallest absolute Gasteiger partial charge is 0.253 e. The van der Waals surface area contributed by atoms with Gasteiger partial charge in [0.1, 0.15) is 11.9 Å². The molecule has 1 unspecified atom stereocenters. The Morgan fingerprint density at radius 1 is 1.30 bits per heavy atom. The molecule has 0 saturated carbocycles. The highest BCUT2D eigenvalue weighted by Crippen LogP contribution is 2.18. The second-order valence-corrected chi connectivity index (χ2v) is 6.41. The SMILES string of the molecule is CC(NC(=O)c1ccc(F)cc1Br)C(=O)NC(C)(C)C. The Morgan fingerprint density at radius 3 is 2.40 bits per heavy atom. The van der Waals surface area contributed by atoms with Gasteiger partial charge in [-0.1, -0.05) is 0 Å². The van der Waals surface area contributed by atoms with Crippen molar-refractivity contribution >= 4 is 27.7 Å². The van der Waals surface area contributed by atoms with Crippen LogP contribution in [0.25, 0.3) is 0 Å². The van der Waals surface area contributed by atoms with Gasteiger partial charge >= 0.3 is 0 Å².